The number of hydrogen-bond donors (Lipinski definition) is 3. The third kappa shape index (κ3) is 5.08. The molecule has 0 aliphatic rings. The quantitative estimate of drug-likeness (QED) is 0.581. The van der Waals surface area contributed by atoms with Crippen molar-refractivity contribution in [2.24, 2.45) is 4.99 Å². The van der Waals surface area contributed by atoms with Gasteiger partial charge in [-0.3, -0.25) is 9.79 Å². The highest BCUT2D eigenvalue weighted by atomic mass is 19.1. The van der Waals surface area contributed by atoms with Gasteiger partial charge in [-0.15, -0.1) is 0 Å². The molecule has 0 saturated carbocycles. The Balaban J connectivity index is 1.85. The molecule has 3 N–H and O–H groups in total. The minimum absolute atomic E-state index is 0.105. The number of amides is 1. The molecule has 0 bridgehead atoms. The van der Waals surface area contributed by atoms with Crippen LogP contribution in [0.2, 0.25) is 0 Å². The Morgan fingerprint density at radius 3 is 1.92 bits per heavy atom. The van der Waals surface area contributed by atoms with E-state index in [9.17, 15) is 9.18 Å². The lowest BCUT2D eigenvalue weighted by Crippen LogP contribution is -2.36. The van der Waals surface area contributed by atoms with Crippen molar-refractivity contribution in [2.75, 3.05) is 14.1 Å². The van der Waals surface area contributed by atoms with Gasteiger partial charge in [0.15, 0.2) is 5.96 Å². The van der Waals surface area contributed by atoms with E-state index in [4.69, 9.17) is 0 Å². The number of aliphatic imine (C=N–C) groups is 1. The molecule has 2 rings (SSSR count). The molecule has 0 atom stereocenters. The van der Waals surface area contributed by atoms with Gasteiger partial charge < -0.3 is 16.0 Å². The third-order valence-corrected chi connectivity index (χ3v) is 3.50. The Hall–Kier alpha value is -2.89. The summed E-state index contributed by atoms with van der Waals surface area (Å²) in [6, 6.07) is 13.7. The fourth-order valence-electron chi connectivity index (χ4n) is 2.11. The van der Waals surface area contributed by atoms with Crippen LogP contribution in [0.3, 0.4) is 0 Å². The van der Waals surface area contributed by atoms with Gasteiger partial charge in [0, 0.05) is 32.7 Å². The highest BCUT2D eigenvalue weighted by Crippen LogP contribution is 2.04. The summed E-state index contributed by atoms with van der Waals surface area (Å²) in [5.41, 5.74) is 2.63. The summed E-state index contributed by atoms with van der Waals surface area (Å²) in [4.78, 5) is 15.6. The van der Waals surface area contributed by atoms with E-state index >= 15 is 0 Å². The molecular formula is C18H21FN4O. The van der Waals surface area contributed by atoms with Gasteiger partial charge in [0.05, 0.1) is 0 Å². The van der Waals surface area contributed by atoms with Crippen molar-refractivity contribution in [3.8, 4) is 0 Å². The smallest absolute Gasteiger partial charge is 0.251 e. The second-order valence-corrected chi connectivity index (χ2v) is 5.18. The summed E-state index contributed by atoms with van der Waals surface area (Å²) < 4.78 is 12.9. The Morgan fingerprint density at radius 1 is 0.958 bits per heavy atom. The number of halogens is 1. The van der Waals surface area contributed by atoms with Gasteiger partial charge in [-0.05, 0) is 35.4 Å². The molecule has 24 heavy (non-hydrogen) atoms. The monoisotopic (exact) mass is 328 g/mol. The molecule has 1 amide bonds. The van der Waals surface area contributed by atoms with E-state index in [1.54, 1.807) is 38.4 Å². The standard InChI is InChI=1S/C18H21FN4O/c1-20-17(24)15-7-3-13(4-8-15)11-22-18(21-2)23-12-14-5-9-16(19)10-6-14/h3-10H,11-12H2,1-2H3,(H,20,24)(H2,21,22,23). The largest absolute Gasteiger partial charge is 0.355 e. The van der Waals surface area contributed by atoms with Crippen molar-refractivity contribution in [1.82, 2.24) is 16.0 Å². The van der Waals surface area contributed by atoms with Gasteiger partial charge in [0.2, 0.25) is 0 Å². The second kappa shape index (κ2) is 8.67. The molecule has 0 aliphatic heterocycles. The van der Waals surface area contributed by atoms with Crippen molar-refractivity contribution in [3.63, 3.8) is 0 Å². The predicted octanol–water partition coefficient (Wildman–Crippen LogP) is 2.05. The van der Waals surface area contributed by atoms with E-state index in [1.807, 2.05) is 12.1 Å². The fraction of sp³-hybridized carbons (Fsp3) is 0.222. The van der Waals surface area contributed by atoms with Crippen LogP contribution in [0.15, 0.2) is 53.5 Å². The number of rotatable bonds is 5. The van der Waals surface area contributed by atoms with Crippen LogP contribution >= 0.6 is 0 Å². The Kier molecular flexibility index (Phi) is 6.31. The van der Waals surface area contributed by atoms with Crippen LogP contribution in [-0.2, 0) is 13.1 Å². The lowest BCUT2D eigenvalue weighted by Gasteiger charge is -2.12. The lowest BCUT2D eigenvalue weighted by atomic mass is 10.1. The summed E-state index contributed by atoms with van der Waals surface area (Å²) in [5, 5.41) is 8.95. The summed E-state index contributed by atoms with van der Waals surface area (Å²) in [5.74, 6) is 0.294. The molecule has 0 spiro atoms. The van der Waals surface area contributed by atoms with E-state index in [0.29, 0.717) is 24.6 Å². The molecule has 2 aromatic carbocycles. The molecule has 0 unspecified atom stereocenters. The van der Waals surface area contributed by atoms with Crippen LogP contribution in [0.1, 0.15) is 21.5 Å². The zero-order valence-electron chi connectivity index (χ0n) is 13.8. The normalized spacial score (nSPS) is 11.0. The van der Waals surface area contributed by atoms with Gasteiger partial charge in [0.1, 0.15) is 5.82 Å². The minimum Gasteiger partial charge on any atom is -0.355 e. The summed E-state index contributed by atoms with van der Waals surface area (Å²) in [6.07, 6.45) is 0. The van der Waals surface area contributed by atoms with Crippen LogP contribution in [-0.4, -0.2) is 26.0 Å². The van der Waals surface area contributed by atoms with Crippen molar-refractivity contribution in [1.29, 1.82) is 0 Å². The van der Waals surface area contributed by atoms with Crippen LogP contribution < -0.4 is 16.0 Å². The Bertz CT molecular complexity index is 696. The molecule has 0 aromatic heterocycles. The first kappa shape index (κ1) is 17.5. The maximum absolute atomic E-state index is 12.9. The number of guanidine groups is 1. The molecule has 6 heteroatoms. The molecule has 2 aromatic rings. The SMILES string of the molecule is CN=C(NCc1ccc(F)cc1)NCc1ccc(C(=O)NC)cc1. The first-order chi connectivity index (χ1) is 11.6. The molecule has 0 fully saturated rings. The number of carbonyl (C=O) groups is 1. The molecule has 0 radical (unpaired) electrons. The number of benzene rings is 2. The average molecular weight is 328 g/mol. The molecule has 0 heterocycles. The van der Waals surface area contributed by atoms with Gasteiger partial charge >= 0.3 is 0 Å². The average Bonchev–Trinajstić information content (AvgIpc) is 2.63. The maximum Gasteiger partial charge on any atom is 0.251 e. The molecule has 0 saturated heterocycles. The summed E-state index contributed by atoms with van der Waals surface area (Å²) in [7, 11) is 3.29. The van der Waals surface area contributed by atoms with Gasteiger partial charge in [0.25, 0.3) is 5.91 Å². The van der Waals surface area contributed by atoms with E-state index in [1.165, 1.54) is 12.1 Å². The molecule has 5 nitrogen and oxygen atoms in total. The van der Waals surface area contributed by atoms with Crippen LogP contribution in [0.25, 0.3) is 0 Å². The fourth-order valence-corrected chi connectivity index (χ4v) is 2.11. The minimum atomic E-state index is -0.249. The number of nitrogens with one attached hydrogen (secondary N) is 3. The second-order valence-electron chi connectivity index (χ2n) is 5.18. The summed E-state index contributed by atoms with van der Waals surface area (Å²) >= 11 is 0. The van der Waals surface area contributed by atoms with E-state index in [-0.39, 0.29) is 11.7 Å². The zero-order chi connectivity index (χ0) is 17.4. The number of carbonyl (C=O) groups excluding carboxylic acids is 1. The first-order valence-electron chi connectivity index (χ1n) is 7.62. The zero-order valence-corrected chi connectivity index (χ0v) is 13.8. The van der Waals surface area contributed by atoms with E-state index < -0.39 is 0 Å². The first-order valence-corrected chi connectivity index (χ1v) is 7.62. The molecule has 126 valence electrons. The van der Waals surface area contributed by atoms with E-state index in [2.05, 4.69) is 20.9 Å². The van der Waals surface area contributed by atoms with Crippen molar-refractivity contribution in [3.05, 3.63) is 71.0 Å². The van der Waals surface area contributed by atoms with Crippen molar-refractivity contribution < 1.29 is 9.18 Å². The van der Waals surface area contributed by atoms with Crippen molar-refractivity contribution >= 4 is 11.9 Å². The van der Waals surface area contributed by atoms with Gasteiger partial charge in [-0.2, -0.15) is 0 Å². The van der Waals surface area contributed by atoms with Crippen molar-refractivity contribution in [2.45, 2.75) is 13.1 Å². The van der Waals surface area contributed by atoms with Crippen LogP contribution in [0.4, 0.5) is 4.39 Å². The van der Waals surface area contributed by atoms with E-state index in [0.717, 1.165) is 11.1 Å². The highest BCUT2D eigenvalue weighted by Gasteiger charge is 2.03. The maximum atomic E-state index is 12.9. The van der Waals surface area contributed by atoms with Crippen LogP contribution in [0.5, 0.6) is 0 Å². The third-order valence-electron chi connectivity index (χ3n) is 3.50. The number of nitrogens with zero attached hydrogens (tertiary/aromatic N) is 1. The topological polar surface area (TPSA) is 65.5 Å². The summed E-state index contributed by atoms with van der Waals surface area (Å²) in [6.45, 7) is 1.13. The van der Waals surface area contributed by atoms with Crippen LogP contribution in [0, 0.1) is 5.82 Å². The Morgan fingerprint density at radius 2 is 1.46 bits per heavy atom. The molecular weight excluding hydrogens is 307 g/mol. The number of hydrogen-bond acceptors (Lipinski definition) is 2. The predicted molar refractivity (Wildman–Crippen MR) is 93.3 cm³/mol. The molecule has 0 aliphatic carbocycles. The highest BCUT2D eigenvalue weighted by molar-refractivity contribution is 5.93. The Labute approximate surface area is 141 Å². The van der Waals surface area contributed by atoms with Gasteiger partial charge in [-0.25, -0.2) is 4.39 Å². The lowest BCUT2D eigenvalue weighted by molar-refractivity contribution is 0.0963. The van der Waals surface area contributed by atoms with Gasteiger partial charge in [-0.1, -0.05) is 24.3 Å².